The van der Waals surface area contributed by atoms with Gasteiger partial charge in [-0.2, -0.15) is 0 Å². The molecule has 11 nitrogen and oxygen atoms in total. The fourth-order valence-corrected chi connectivity index (χ4v) is 7.47. The minimum atomic E-state index is -1.08. The molecule has 11 heteroatoms. The van der Waals surface area contributed by atoms with Gasteiger partial charge in [0, 0.05) is 30.4 Å². The first-order valence-electron chi connectivity index (χ1n) is 17.1. The van der Waals surface area contributed by atoms with Crippen molar-refractivity contribution in [3.8, 4) is 0 Å². The molecule has 0 spiro atoms. The SMILES string of the molecule is CC(C)C1CCN(C(=O)[C@@H](NC(=O)NC2(Cc3ccccn3)CCCCC2)C(C)(C)C)[C@@H]1C(=O)NC(CC1CCC1)C(=O)C(N)=O. The van der Waals surface area contributed by atoms with E-state index in [-0.39, 0.29) is 23.7 Å². The highest BCUT2D eigenvalue weighted by molar-refractivity contribution is 6.37. The molecule has 4 rings (SSSR count). The molecule has 1 saturated heterocycles. The maximum absolute atomic E-state index is 14.4. The lowest BCUT2D eigenvalue weighted by atomic mass is 9.78. The maximum Gasteiger partial charge on any atom is 0.315 e. The summed E-state index contributed by atoms with van der Waals surface area (Å²) < 4.78 is 0. The molecular formula is C35H54N6O5. The number of amides is 5. The van der Waals surface area contributed by atoms with Crippen molar-refractivity contribution in [3.05, 3.63) is 30.1 Å². The molecule has 5 N–H and O–H groups in total. The normalized spacial score (nSPS) is 22.8. The number of pyridine rings is 1. The van der Waals surface area contributed by atoms with Crippen molar-refractivity contribution in [1.82, 2.24) is 25.8 Å². The van der Waals surface area contributed by atoms with Crippen molar-refractivity contribution in [3.63, 3.8) is 0 Å². The van der Waals surface area contributed by atoms with Gasteiger partial charge in [-0.25, -0.2) is 4.79 Å². The summed E-state index contributed by atoms with van der Waals surface area (Å²) in [5.74, 6) is -2.53. The van der Waals surface area contributed by atoms with Crippen molar-refractivity contribution < 1.29 is 24.0 Å². The molecular weight excluding hydrogens is 584 g/mol. The van der Waals surface area contributed by atoms with Crippen LogP contribution in [-0.2, 0) is 25.6 Å². The van der Waals surface area contributed by atoms with Gasteiger partial charge < -0.3 is 26.6 Å². The van der Waals surface area contributed by atoms with Crippen molar-refractivity contribution >= 4 is 29.5 Å². The van der Waals surface area contributed by atoms with Gasteiger partial charge in [-0.3, -0.25) is 24.2 Å². The molecule has 1 aromatic heterocycles. The maximum atomic E-state index is 14.4. The minimum absolute atomic E-state index is 0.0765. The molecule has 254 valence electrons. The first-order chi connectivity index (χ1) is 21.7. The Morgan fingerprint density at radius 3 is 2.24 bits per heavy atom. The van der Waals surface area contributed by atoms with Gasteiger partial charge in [0.15, 0.2) is 0 Å². The Morgan fingerprint density at radius 1 is 1.00 bits per heavy atom. The Bertz CT molecular complexity index is 1250. The minimum Gasteiger partial charge on any atom is -0.363 e. The Kier molecular flexibility index (Phi) is 11.5. The number of hydrogen-bond acceptors (Lipinski definition) is 6. The molecule has 2 aliphatic carbocycles. The number of primary amides is 1. The number of ketones is 1. The molecule has 2 unspecified atom stereocenters. The van der Waals surface area contributed by atoms with Crippen LogP contribution in [0.1, 0.15) is 105 Å². The lowest BCUT2D eigenvalue weighted by molar-refractivity contribution is -0.144. The van der Waals surface area contributed by atoms with E-state index in [9.17, 15) is 24.0 Å². The fourth-order valence-electron chi connectivity index (χ4n) is 7.47. The van der Waals surface area contributed by atoms with Gasteiger partial charge in [0.05, 0.1) is 6.04 Å². The van der Waals surface area contributed by atoms with E-state index in [4.69, 9.17) is 5.73 Å². The monoisotopic (exact) mass is 638 g/mol. The van der Waals surface area contributed by atoms with Gasteiger partial charge >= 0.3 is 6.03 Å². The number of hydrogen-bond donors (Lipinski definition) is 4. The van der Waals surface area contributed by atoms with Crippen LogP contribution in [0.3, 0.4) is 0 Å². The summed E-state index contributed by atoms with van der Waals surface area (Å²) in [5, 5.41) is 9.07. The zero-order valence-corrected chi connectivity index (χ0v) is 28.3. The van der Waals surface area contributed by atoms with E-state index < -0.39 is 52.7 Å². The smallest absolute Gasteiger partial charge is 0.315 e. The zero-order chi connectivity index (χ0) is 33.6. The van der Waals surface area contributed by atoms with Gasteiger partial charge in [-0.15, -0.1) is 0 Å². The zero-order valence-electron chi connectivity index (χ0n) is 28.3. The van der Waals surface area contributed by atoms with E-state index in [0.29, 0.717) is 25.8 Å². The van der Waals surface area contributed by atoms with E-state index in [1.54, 1.807) is 11.1 Å². The molecule has 3 aliphatic rings. The summed E-state index contributed by atoms with van der Waals surface area (Å²) in [4.78, 5) is 72.7. The van der Waals surface area contributed by atoms with Gasteiger partial charge in [-0.1, -0.05) is 79.2 Å². The van der Waals surface area contributed by atoms with Gasteiger partial charge in [0.25, 0.3) is 5.91 Å². The third-order valence-corrected chi connectivity index (χ3v) is 10.3. The van der Waals surface area contributed by atoms with Crippen LogP contribution in [-0.4, -0.2) is 69.6 Å². The molecule has 0 radical (unpaired) electrons. The number of Topliss-reactive ketones (excluding diaryl/α,β-unsaturated/α-hetero) is 1. The second-order valence-corrected chi connectivity index (χ2v) is 15.2. The lowest BCUT2D eigenvalue weighted by Crippen LogP contribution is -2.63. The third-order valence-electron chi connectivity index (χ3n) is 10.3. The molecule has 4 atom stereocenters. The quantitative estimate of drug-likeness (QED) is 0.256. The molecule has 5 amide bonds. The highest BCUT2D eigenvalue weighted by Gasteiger charge is 2.48. The number of urea groups is 1. The molecule has 2 saturated carbocycles. The standard InChI is InChI=1S/C35H54N6O5/c1-22(2)25-15-19-41(27(25)31(44)38-26(28(42)30(36)43)20-23-12-11-13-23)32(45)29(34(3,4)5)39-33(46)40-35(16-8-6-9-17-35)21-24-14-7-10-18-37-24/h7,10,14,18,22-23,25-27,29H,6,8-9,11-13,15-17,19-21H2,1-5H3,(H2,36,43)(H,38,44)(H2,39,40,46)/t25?,26?,27-,29+/m0/s1. The Balaban J connectivity index is 1.53. The fraction of sp³-hybridized carbons (Fsp3) is 0.714. The predicted octanol–water partition coefficient (Wildman–Crippen LogP) is 3.64. The predicted molar refractivity (Wildman–Crippen MR) is 175 cm³/mol. The number of carbonyl (C=O) groups excluding carboxylic acids is 5. The summed E-state index contributed by atoms with van der Waals surface area (Å²) in [5.41, 5.74) is 5.12. The van der Waals surface area contributed by atoms with Crippen molar-refractivity contribution in [2.24, 2.45) is 28.9 Å². The Labute approximate surface area is 273 Å². The largest absolute Gasteiger partial charge is 0.363 e. The average Bonchev–Trinajstić information content (AvgIpc) is 3.42. The van der Waals surface area contributed by atoms with E-state index in [0.717, 1.165) is 57.1 Å². The Hall–Kier alpha value is -3.50. The van der Waals surface area contributed by atoms with Crippen LogP contribution in [0, 0.1) is 23.2 Å². The third kappa shape index (κ3) is 8.64. The molecule has 1 aliphatic heterocycles. The highest BCUT2D eigenvalue weighted by Crippen LogP contribution is 2.35. The topological polar surface area (TPSA) is 164 Å². The van der Waals surface area contributed by atoms with Gasteiger partial charge in [-0.05, 0) is 61.0 Å². The second-order valence-electron chi connectivity index (χ2n) is 15.2. The van der Waals surface area contributed by atoms with Crippen LogP contribution in [0.4, 0.5) is 4.79 Å². The van der Waals surface area contributed by atoms with Crippen LogP contribution < -0.4 is 21.7 Å². The average molecular weight is 639 g/mol. The number of nitrogens with zero attached hydrogens (tertiary/aromatic N) is 2. The van der Waals surface area contributed by atoms with E-state index in [1.165, 1.54) is 0 Å². The summed E-state index contributed by atoms with van der Waals surface area (Å²) in [7, 11) is 0. The molecule has 1 aromatic rings. The van der Waals surface area contributed by atoms with Crippen LogP contribution >= 0.6 is 0 Å². The van der Waals surface area contributed by atoms with Crippen molar-refractivity contribution in [2.75, 3.05) is 6.54 Å². The summed E-state index contributed by atoms with van der Waals surface area (Å²) >= 11 is 0. The first kappa shape index (κ1) is 35.4. The number of rotatable bonds is 12. The first-order valence-corrected chi connectivity index (χ1v) is 17.1. The number of nitrogens with one attached hydrogen (secondary N) is 3. The van der Waals surface area contributed by atoms with E-state index in [2.05, 4.69) is 20.9 Å². The van der Waals surface area contributed by atoms with Crippen LogP contribution in [0.15, 0.2) is 24.4 Å². The number of carbonyl (C=O) groups is 5. The lowest BCUT2D eigenvalue weighted by Gasteiger charge is -2.40. The number of aromatic nitrogens is 1. The van der Waals surface area contributed by atoms with Crippen molar-refractivity contribution in [1.29, 1.82) is 0 Å². The van der Waals surface area contributed by atoms with Crippen LogP contribution in [0.5, 0.6) is 0 Å². The van der Waals surface area contributed by atoms with E-state index in [1.807, 2.05) is 52.8 Å². The summed E-state index contributed by atoms with van der Waals surface area (Å²) in [6.45, 7) is 10.0. The Morgan fingerprint density at radius 2 is 1.70 bits per heavy atom. The molecule has 0 bridgehead atoms. The molecule has 46 heavy (non-hydrogen) atoms. The number of likely N-dealkylation sites (tertiary alicyclic amines) is 1. The molecule has 2 heterocycles. The van der Waals surface area contributed by atoms with E-state index >= 15 is 0 Å². The molecule has 0 aromatic carbocycles. The second kappa shape index (κ2) is 14.9. The van der Waals surface area contributed by atoms with Gasteiger partial charge in [0.1, 0.15) is 12.1 Å². The summed E-state index contributed by atoms with van der Waals surface area (Å²) in [6, 6.07) is 2.58. The van der Waals surface area contributed by atoms with Gasteiger partial charge in [0.2, 0.25) is 17.6 Å². The summed E-state index contributed by atoms with van der Waals surface area (Å²) in [6.07, 6.45) is 11.0. The van der Waals surface area contributed by atoms with Crippen molar-refractivity contribution in [2.45, 2.75) is 129 Å². The van der Waals surface area contributed by atoms with Crippen LogP contribution in [0.2, 0.25) is 0 Å². The highest BCUT2D eigenvalue weighted by atomic mass is 16.2. The molecule has 3 fully saturated rings. The number of nitrogens with two attached hydrogens (primary N) is 1. The van der Waals surface area contributed by atoms with Crippen LogP contribution in [0.25, 0.3) is 0 Å².